The van der Waals surface area contributed by atoms with Crippen molar-refractivity contribution < 1.29 is 94.7 Å². The predicted molar refractivity (Wildman–Crippen MR) is 362 cm³/mol. The Morgan fingerprint density at radius 1 is 0.606 bits per heavy atom. The number of aryl methyl sites for hydroxylation is 2. The molecular weight excluding hydrogens is 1370 g/mol. The van der Waals surface area contributed by atoms with Gasteiger partial charge in [0, 0.05) is 24.2 Å². The van der Waals surface area contributed by atoms with E-state index in [1.807, 2.05) is 31.2 Å². The van der Waals surface area contributed by atoms with Gasteiger partial charge in [0.15, 0.2) is 27.3 Å². The van der Waals surface area contributed by atoms with Crippen molar-refractivity contribution in [3.05, 3.63) is 213 Å². The van der Waals surface area contributed by atoms with Crippen molar-refractivity contribution in [2.45, 2.75) is 184 Å². The van der Waals surface area contributed by atoms with Gasteiger partial charge >= 0.3 is 11.9 Å². The summed E-state index contributed by atoms with van der Waals surface area (Å²) >= 11 is -1.58. The van der Waals surface area contributed by atoms with Crippen LogP contribution in [0.15, 0.2) is 193 Å². The summed E-state index contributed by atoms with van der Waals surface area (Å²) in [5.74, 6) is -3.21. The van der Waals surface area contributed by atoms with Gasteiger partial charge in [0.2, 0.25) is 0 Å². The van der Waals surface area contributed by atoms with E-state index in [4.69, 9.17) is 28.8 Å². The fourth-order valence-electron chi connectivity index (χ4n) is 12.4. The van der Waals surface area contributed by atoms with E-state index in [-0.39, 0.29) is 23.5 Å². The lowest BCUT2D eigenvalue weighted by Gasteiger charge is -2.33. The smallest absolute Gasteiger partial charge is 0.508 e. The summed E-state index contributed by atoms with van der Waals surface area (Å²) < 4.78 is 192. The maximum atomic E-state index is 13.5. The number of ether oxygens (including phenoxy) is 5. The second-order valence-corrected chi connectivity index (χ2v) is 29.6. The highest BCUT2D eigenvalue weighted by molar-refractivity contribution is 8.16. The number of sulfone groups is 1. The molecule has 0 aromatic heterocycles. The fourth-order valence-corrected chi connectivity index (χ4v) is 16.5. The number of benzene rings is 6. The molecule has 10 unspecified atom stereocenters. The summed E-state index contributed by atoms with van der Waals surface area (Å²) in [6.45, 7) is 22.4. The zero-order valence-electron chi connectivity index (χ0n) is 56.7. The van der Waals surface area contributed by atoms with Crippen LogP contribution < -0.4 is 14.2 Å². The van der Waals surface area contributed by atoms with Crippen molar-refractivity contribution in [1.29, 1.82) is 0 Å². The molecule has 4 aliphatic rings. The van der Waals surface area contributed by atoms with Gasteiger partial charge in [0.05, 0.1) is 39.8 Å². The molecule has 0 radical (unpaired) electrons. The number of hydrogen-bond acceptors (Lipinski definition) is 11. The molecule has 0 amide bonds. The molecule has 4 aliphatic carbocycles. The van der Waals surface area contributed by atoms with Crippen LogP contribution in [0.4, 0.5) is 48.3 Å². The van der Waals surface area contributed by atoms with E-state index in [2.05, 4.69) is 181 Å². The first kappa shape index (κ1) is 79.7. The molecule has 1 N–H and O–H groups in total. The molecule has 6 aromatic carbocycles. The number of phenolic OH excluding ortho intramolecular Hbond substituents is 1. The van der Waals surface area contributed by atoms with Crippen LogP contribution in [0.2, 0.25) is 0 Å². The second kappa shape index (κ2) is 36.3. The van der Waals surface area contributed by atoms with Gasteiger partial charge in [-0.05, 0) is 208 Å². The normalized spacial score (nSPS) is 20.3. The minimum absolute atomic E-state index is 0.149. The summed E-state index contributed by atoms with van der Waals surface area (Å²) in [4.78, 5) is 6.37. The van der Waals surface area contributed by atoms with Gasteiger partial charge in [-0.25, -0.2) is 17.2 Å². The summed E-state index contributed by atoms with van der Waals surface area (Å²) in [6, 6.07) is 50.3. The van der Waals surface area contributed by atoms with Gasteiger partial charge < -0.3 is 28.8 Å². The predicted octanol–water partition coefficient (Wildman–Crippen LogP) is 22.5. The Morgan fingerprint density at radius 3 is 1.56 bits per heavy atom. The molecule has 0 aliphatic heterocycles. The van der Waals surface area contributed by atoms with Crippen LogP contribution in [0, 0.1) is 43.7 Å². The van der Waals surface area contributed by atoms with Crippen LogP contribution in [0.1, 0.15) is 152 Å². The highest BCUT2D eigenvalue weighted by Crippen LogP contribution is 2.60. The Bertz CT molecular complexity index is 3680. The Kier molecular flexibility index (Phi) is 29.2. The average molecular weight is 1450 g/mol. The molecule has 6 aromatic rings. The monoisotopic (exact) mass is 1450 g/mol. The number of halogens is 11. The maximum Gasteiger partial charge on any atom is 0.550 e. The largest absolute Gasteiger partial charge is 0.550 e. The average Bonchev–Trinajstić information content (AvgIpc) is 1.72. The molecule has 2 bridgehead atoms. The summed E-state index contributed by atoms with van der Waals surface area (Å²) in [5, 5.41) is 9.01. The van der Waals surface area contributed by atoms with Crippen LogP contribution in [0.25, 0.3) is 0 Å². The standard InChI is InChI=1S/C34H39O3S.C22H32O2.C10H14O.C9F11O4S2/c1-6-25(2)29-17-19-30(20-18-29)37-28(5)35-21-22-36-34-26(3)23-33(24-27(34)4)38(31-13-9-7-10-14-31)32-15-11-8-12-16-32;1-4-14(2)16-8-10-18(11-9-16)23-15(3)24-22-13-17-12-21(22)20-7-5-6-19(17)20;1-3-8(2)9-4-6-10(11)7-5-9;10-2-1(3(11)5(13)6(14)4(2)12)7(25-24-23-8(15,16)17)26(21,22)9(18,19)20/h7-20,23-25,28H,6,21-22H2,1-5H3;8-11,14-15,17,19-22H,4-7,12-13H2,1-3H3;4-8,11H,3H2,1-2H3;/q+1;;;-1. The Morgan fingerprint density at radius 2 is 1.08 bits per heavy atom. The topological polar surface area (TPSA) is 119 Å². The van der Waals surface area contributed by atoms with Gasteiger partial charge in [-0.3, -0.25) is 13.2 Å². The minimum atomic E-state index is -6.93. The van der Waals surface area contributed by atoms with E-state index in [1.165, 1.54) is 69.9 Å². The summed E-state index contributed by atoms with van der Waals surface area (Å²) in [5.41, 5.74) is -2.81. The number of rotatable bonds is 24. The first-order chi connectivity index (χ1) is 46.9. The van der Waals surface area contributed by atoms with E-state index in [0.717, 1.165) is 64.9 Å². The lowest BCUT2D eigenvalue weighted by molar-refractivity contribution is -0.439. The molecule has 24 heteroatoms. The van der Waals surface area contributed by atoms with Crippen molar-refractivity contribution >= 4 is 32.8 Å². The van der Waals surface area contributed by atoms with Gasteiger partial charge in [0.25, 0.3) is 9.84 Å². The van der Waals surface area contributed by atoms with Crippen LogP contribution in [-0.4, -0.2) is 57.3 Å². The molecular formula is C75H85F11O10S3. The first-order valence-corrected chi connectivity index (χ1v) is 36.3. The van der Waals surface area contributed by atoms with Crippen LogP contribution in [0.5, 0.6) is 23.0 Å². The fraction of sp³-hybridized carbons (Fsp3) is 0.427. The van der Waals surface area contributed by atoms with Gasteiger partial charge in [-0.1, -0.05) is 121 Å². The SMILES string of the molecule is CCC(C)c1ccc(O)cc1.CCC(C)c1ccc(OC(C)OC2CC3CC2C2CCCC32)cc1.CCC(C)c1ccc(OC(C)OCCOc2c(C)cc([S+](c3ccccc3)c3ccccc3)cc2C)cc1.O=S(=O)(C(SOOC(F)(F)F)=C1C(F)=C(F)C(F)=C(F)[C-]1F)C(F)(F)F. The van der Waals surface area contributed by atoms with Crippen LogP contribution >= 0.6 is 12.0 Å². The lowest BCUT2D eigenvalue weighted by atomic mass is 9.80. The van der Waals surface area contributed by atoms with Gasteiger partial charge in [-0.2, -0.15) is 17.5 Å². The van der Waals surface area contributed by atoms with Crippen molar-refractivity contribution in [3.63, 3.8) is 0 Å². The van der Waals surface area contributed by atoms with E-state index in [0.29, 0.717) is 42.8 Å². The van der Waals surface area contributed by atoms with Crippen molar-refractivity contribution in [3.8, 4) is 23.0 Å². The number of allylic oxidation sites excluding steroid dienone is 5. The zero-order chi connectivity index (χ0) is 72.5. The maximum absolute atomic E-state index is 13.5. The Balaban J connectivity index is 0.000000199. The third-order valence-corrected chi connectivity index (χ3v) is 22.9. The zero-order valence-corrected chi connectivity index (χ0v) is 59.2. The Labute approximate surface area is 580 Å². The van der Waals surface area contributed by atoms with E-state index < -0.39 is 73.0 Å². The quantitative estimate of drug-likeness (QED) is 0.00912. The number of phenols is 1. The number of hydrogen-bond donors (Lipinski definition) is 1. The molecule has 3 saturated carbocycles. The summed E-state index contributed by atoms with van der Waals surface area (Å²) in [7, 11) is -7.11. The molecule has 0 heterocycles. The molecule has 540 valence electrons. The number of alkyl halides is 6. The molecule has 10 rings (SSSR count). The Hall–Kier alpha value is -6.67. The highest BCUT2D eigenvalue weighted by atomic mass is 32.3. The molecule has 10 atom stereocenters. The molecule has 3 fully saturated rings. The summed E-state index contributed by atoms with van der Waals surface area (Å²) in [6.07, 6.45) is 1.74. The third-order valence-electron chi connectivity index (χ3n) is 18.0. The first-order valence-electron chi connectivity index (χ1n) is 32.8. The van der Waals surface area contributed by atoms with E-state index in [1.54, 1.807) is 12.1 Å². The van der Waals surface area contributed by atoms with Crippen LogP contribution in [-0.2, 0) is 39.4 Å². The molecule has 0 saturated heterocycles. The van der Waals surface area contributed by atoms with Crippen molar-refractivity contribution in [2.75, 3.05) is 13.2 Å². The molecule has 10 nitrogen and oxygen atoms in total. The van der Waals surface area contributed by atoms with Gasteiger partial charge in [-0.15, -0.1) is 18.1 Å². The van der Waals surface area contributed by atoms with Crippen LogP contribution in [0.3, 0.4) is 0 Å². The number of fused-ring (bicyclic) bond motifs is 5. The second-order valence-electron chi connectivity index (χ2n) is 24.8. The number of aromatic hydroxyl groups is 1. The van der Waals surface area contributed by atoms with Crippen molar-refractivity contribution in [1.82, 2.24) is 0 Å². The lowest BCUT2D eigenvalue weighted by Crippen LogP contribution is -2.34. The third kappa shape index (κ3) is 21.4. The molecule has 0 spiro atoms. The highest BCUT2D eigenvalue weighted by Gasteiger charge is 2.55. The van der Waals surface area contributed by atoms with E-state index >= 15 is 0 Å². The minimum Gasteiger partial charge on any atom is -0.508 e. The molecule has 99 heavy (non-hydrogen) atoms. The van der Waals surface area contributed by atoms with Gasteiger partial charge in [0.1, 0.15) is 47.1 Å². The van der Waals surface area contributed by atoms with E-state index in [9.17, 15) is 56.7 Å². The van der Waals surface area contributed by atoms with Crippen molar-refractivity contribution in [2.24, 2.45) is 23.7 Å².